The summed E-state index contributed by atoms with van der Waals surface area (Å²) in [6.07, 6.45) is 1.63. The summed E-state index contributed by atoms with van der Waals surface area (Å²) in [6.45, 7) is 11.5. The Morgan fingerprint density at radius 2 is 1.68 bits per heavy atom. The first-order valence-corrected chi connectivity index (χ1v) is 13.9. The number of amides is 3. The van der Waals surface area contributed by atoms with Crippen molar-refractivity contribution >= 4 is 35.4 Å². The number of nitrogens with one attached hydrogen (secondary N) is 3. The maximum atomic E-state index is 13.6. The first-order chi connectivity index (χ1) is 18.6. The number of nitrogens with two attached hydrogens (primary N) is 1. The monoisotopic (exact) mass is 571 g/mol. The van der Waals surface area contributed by atoms with Crippen molar-refractivity contribution in [3.63, 3.8) is 0 Å². The van der Waals surface area contributed by atoms with E-state index >= 15 is 0 Å². The van der Waals surface area contributed by atoms with Crippen LogP contribution in [0, 0.1) is 11.2 Å². The molecule has 0 radical (unpaired) electrons. The molecule has 0 aromatic heterocycles. The molecule has 2 aromatic carbocycles. The third kappa shape index (κ3) is 8.56. The molecule has 0 saturated heterocycles. The van der Waals surface area contributed by atoms with E-state index in [1.165, 1.54) is 17.0 Å². The summed E-state index contributed by atoms with van der Waals surface area (Å²) in [5.41, 5.74) is 5.79. The first kappa shape index (κ1) is 32.8. The molecule has 0 aliphatic heterocycles. The van der Waals surface area contributed by atoms with E-state index in [-0.39, 0.29) is 30.0 Å². The highest BCUT2D eigenvalue weighted by Gasteiger charge is 2.40. The van der Waals surface area contributed by atoms with Gasteiger partial charge in [0.15, 0.2) is 0 Å². The number of anilines is 1. The summed E-state index contributed by atoms with van der Waals surface area (Å²) in [7, 11) is 3.36. The lowest BCUT2D eigenvalue weighted by Gasteiger charge is -2.38. The smallest absolute Gasteiger partial charge is 0.256 e. The number of hydrogen-bond acceptors (Lipinski definition) is 6. The fraction of sp³-hybridized carbons (Fsp3) is 0.433. The molecule has 8 nitrogen and oxygen atoms in total. The zero-order valence-electron chi connectivity index (χ0n) is 24.6. The van der Waals surface area contributed by atoms with Crippen molar-refractivity contribution in [2.45, 2.75) is 63.9 Å². The summed E-state index contributed by atoms with van der Waals surface area (Å²) < 4.78 is 16.3. The van der Waals surface area contributed by atoms with Gasteiger partial charge in [-0.05, 0) is 55.1 Å². The van der Waals surface area contributed by atoms with Gasteiger partial charge < -0.3 is 21.3 Å². The van der Waals surface area contributed by atoms with Gasteiger partial charge in [-0.2, -0.15) is 0 Å². The number of nitrogen functional groups attached to an aromatic ring is 1. The summed E-state index contributed by atoms with van der Waals surface area (Å²) in [5, 5.41) is 6.11. The Morgan fingerprint density at radius 3 is 2.23 bits per heavy atom. The van der Waals surface area contributed by atoms with E-state index in [0.717, 1.165) is 17.5 Å². The summed E-state index contributed by atoms with van der Waals surface area (Å²) in [4.78, 5) is 41.5. The molecule has 3 amide bonds. The Kier molecular flexibility index (Phi) is 11.3. The molecule has 0 aliphatic rings. The standard InChI is InChI=1S/C30H42FN5O3S/c1-19(26(37)35-40-21-14-15-23(32)22(31)18-21)16-17-36(8)28(39)25(29(2,3)4)34-27(38)24(33-7)30(5,6)20-12-10-9-11-13-20/h9-16,18,24-25,33H,17,32H2,1-8H3,(H,34,38)(H,35,37)/b19-16+. The van der Waals surface area contributed by atoms with E-state index in [1.54, 1.807) is 33.2 Å². The highest BCUT2D eigenvalue weighted by molar-refractivity contribution is 7.98. The van der Waals surface area contributed by atoms with Crippen molar-refractivity contribution in [1.82, 2.24) is 20.3 Å². The van der Waals surface area contributed by atoms with E-state index in [2.05, 4.69) is 15.4 Å². The quantitative estimate of drug-likeness (QED) is 0.184. The average Bonchev–Trinajstić information content (AvgIpc) is 2.90. The number of carbonyl (C=O) groups excluding carboxylic acids is 3. The van der Waals surface area contributed by atoms with Crippen LogP contribution < -0.4 is 21.1 Å². The van der Waals surface area contributed by atoms with Gasteiger partial charge in [-0.3, -0.25) is 19.1 Å². The molecular formula is C30H42FN5O3S. The fourth-order valence-electron chi connectivity index (χ4n) is 4.16. The van der Waals surface area contributed by atoms with Crippen molar-refractivity contribution in [2.75, 3.05) is 26.4 Å². The van der Waals surface area contributed by atoms with Crippen molar-refractivity contribution in [3.05, 3.63) is 71.6 Å². The third-order valence-electron chi connectivity index (χ3n) is 6.83. The molecule has 2 aromatic rings. The number of rotatable bonds is 11. The van der Waals surface area contributed by atoms with E-state index < -0.39 is 28.7 Å². The predicted molar refractivity (Wildman–Crippen MR) is 160 cm³/mol. The average molecular weight is 572 g/mol. The number of benzene rings is 2. The van der Waals surface area contributed by atoms with Crippen LogP contribution in [0.25, 0.3) is 0 Å². The van der Waals surface area contributed by atoms with Crippen LogP contribution in [-0.4, -0.2) is 55.3 Å². The van der Waals surface area contributed by atoms with E-state index in [0.29, 0.717) is 10.5 Å². The Labute approximate surface area is 241 Å². The zero-order chi connectivity index (χ0) is 30.3. The lowest BCUT2D eigenvalue weighted by Crippen LogP contribution is -2.60. The van der Waals surface area contributed by atoms with Crippen molar-refractivity contribution in [2.24, 2.45) is 5.41 Å². The Balaban J connectivity index is 2.09. The molecule has 40 heavy (non-hydrogen) atoms. The minimum absolute atomic E-state index is 0.0330. The van der Waals surface area contributed by atoms with Crippen molar-refractivity contribution in [3.8, 4) is 0 Å². The molecule has 5 N–H and O–H groups in total. The van der Waals surface area contributed by atoms with Gasteiger partial charge in [0.1, 0.15) is 11.9 Å². The van der Waals surface area contributed by atoms with Crippen LogP contribution in [0.1, 0.15) is 47.1 Å². The number of hydrogen-bond donors (Lipinski definition) is 4. The van der Waals surface area contributed by atoms with Gasteiger partial charge in [0.05, 0.1) is 11.7 Å². The Morgan fingerprint density at radius 1 is 1.05 bits per heavy atom. The van der Waals surface area contributed by atoms with Gasteiger partial charge in [0.25, 0.3) is 5.91 Å². The molecule has 10 heteroatoms. The highest BCUT2D eigenvalue weighted by atomic mass is 32.2. The second-order valence-corrected chi connectivity index (χ2v) is 12.3. The van der Waals surface area contributed by atoms with Gasteiger partial charge >= 0.3 is 0 Å². The largest absolute Gasteiger partial charge is 0.396 e. The molecule has 0 bridgehead atoms. The van der Waals surface area contributed by atoms with Gasteiger partial charge in [0, 0.05) is 29.5 Å². The normalized spacial score (nSPS) is 13.8. The van der Waals surface area contributed by atoms with Crippen LogP contribution in [0.15, 0.2) is 65.1 Å². The molecule has 2 unspecified atom stereocenters. The van der Waals surface area contributed by atoms with Gasteiger partial charge in [0.2, 0.25) is 11.8 Å². The summed E-state index contributed by atoms with van der Waals surface area (Å²) in [5.74, 6) is -1.48. The van der Waals surface area contributed by atoms with Crippen molar-refractivity contribution < 1.29 is 18.8 Å². The fourth-order valence-corrected chi connectivity index (χ4v) is 4.83. The molecular weight excluding hydrogens is 529 g/mol. The van der Waals surface area contributed by atoms with Gasteiger partial charge in [-0.25, -0.2) is 4.39 Å². The van der Waals surface area contributed by atoms with Crippen LogP contribution in [0.5, 0.6) is 0 Å². The molecule has 218 valence electrons. The number of carbonyl (C=O) groups is 3. The lowest BCUT2D eigenvalue weighted by atomic mass is 9.76. The molecule has 0 saturated carbocycles. The highest BCUT2D eigenvalue weighted by Crippen LogP contribution is 2.28. The maximum absolute atomic E-state index is 13.6. The lowest BCUT2D eigenvalue weighted by molar-refractivity contribution is -0.139. The number of halogens is 1. The summed E-state index contributed by atoms with van der Waals surface area (Å²) >= 11 is 0.970. The van der Waals surface area contributed by atoms with Gasteiger partial charge in [-0.15, -0.1) is 0 Å². The molecule has 2 atom stereocenters. The maximum Gasteiger partial charge on any atom is 0.256 e. The predicted octanol–water partition coefficient (Wildman–Crippen LogP) is 4.03. The minimum Gasteiger partial charge on any atom is -0.396 e. The summed E-state index contributed by atoms with van der Waals surface area (Å²) in [6, 6.07) is 12.7. The zero-order valence-corrected chi connectivity index (χ0v) is 25.4. The Hall–Kier alpha value is -3.37. The molecule has 0 spiro atoms. The first-order valence-electron chi connectivity index (χ1n) is 13.1. The van der Waals surface area contributed by atoms with Crippen LogP contribution in [0.2, 0.25) is 0 Å². The molecule has 0 aliphatic carbocycles. The second kappa shape index (κ2) is 13.8. The third-order valence-corrected chi connectivity index (χ3v) is 7.61. The van der Waals surface area contributed by atoms with Crippen LogP contribution in [0.3, 0.4) is 0 Å². The molecule has 0 heterocycles. The van der Waals surface area contributed by atoms with Gasteiger partial charge in [-0.1, -0.05) is 71.0 Å². The second-order valence-electron chi connectivity index (χ2n) is 11.4. The van der Waals surface area contributed by atoms with Crippen LogP contribution in [-0.2, 0) is 19.8 Å². The van der Waals surface area contributed by atoms with Crippen LogP contribution in [0.4, 0.5) is 10.1 Å². The minimum atomic E-state index is -0.800. The van der Waals surface area contributed by atoms with E-state index in [9.17, 15) is 18.8 Å². The van der Waals surface area contributed by atoms with E-state index in [4.69, 9.17) is 5.73 Å². The topological polar surface area (TPSA) is 117 Å². The Bertz CT molecular complexity index is 1230. The SMILES string of the molecule is CNC(C(=O)NC(C(=O)N(C)C/C=C(\C)C(=O)NSc1ccc(N)c(F)c1)C(C)(C)C)C(C)(C)c1ccccc1. The molecule has 0 fully saturated rings. The van der Waals surface area contributed by atoms with Crippen molar-refractivity contribution in [1.29, 1.82) is 0 Å². The number of likely N-dealkylation sites (N-methyl/N-ethyl adjacent to an activating group) is 2. The van der Waals surface area contributed by atoms with Crippen LogP contribution >= 0.6 is 11.9 Å². The number of nitrogens with zero attached hydrogens (tertiary/aromatic N) is 1. The molecule has 2 rings (SSSR count). The van der Waals surface area contributed by atoms with E-state index in [1.807, 2.05) is 65.0 Å².